The number of hydrogen-bond donors (Lipinski definition) is 0. The van der Waals surface area contributed by atoms with Gasteiger partial charge in [-0.2, -0.15) is 0 Å². The summed E-state index contributed by atoms with van der Waals surface area (Å²) < 4.78 is 0. The molecule has 0 saturated heterocycles. The second-order valence-corrected chi connectivity index (χ2v) is 4.39. The monoisotopic (exact) mass is 248 g/mol. The summed E-state index contributed by atoms with van der Waals surface area (Å²) in [5.41, 5.74) is 1.45. The Kier molecular flexibility index (Phi) is 5.36. The minimum absolute atomic E-state index is 0.0316. The van der Waals surface area contributed by atoms with Gasteiger partial charge in [0.2, 0.25) is 5.91 Å². The predicted octanol–water partition coefficient (Wildman–Crippen LogP) is 1.80. The molecule has 1 aromatic rings. The number of likely N-dealkylation sites (N-methyl/N-ethyl adjacent to an activating group) is 1. The number of para-hydroxylation sites is 1. The van der Waals surface area contributed by atoms with E-state index < -0.39 is 0 Å². The van der Waals surface area contributed by atoms with Crippen LogP contribution in [0.15, 0.2) is 24.3 Å². The molecule has 0 bridgehead atoms. The van der Waals surface area contributed by atoms with Gasteiger partial charge in [0, 0.05) is 31.9 Å². The van der Waals surface area contributed by atoms with E-state index in [4.69, 9.17) is 0 Å². The van der Waals surface area contributed by atoms with Crippen LogP contribution in [-0.4, -0.2) is 44.3 Å². The van der Waals surface area contributed by atoms with Crippen LogP contribution >= 0.6 is 0 Å². The Labute approximate surface area is 108 Å². The fourth-order valence-corrected chi connectivity index (χ4v) is 1.73. The quantitative estimate of drug-likeness (QED) is 0.721. The van der Waals surface area contributed by atoms with E-state index in [0.717, 1.165) is 24.9 Å². The summed E-state index contributed by atoms with van der Waals surface area (Å²) in [4.78, 5) is 26.3. The highest BCUT2D eigenvalue weighted by Gasteiger charge is 2.14. The van der Waals surface area contributed by atoms with Crippen LogP contribution in [0, 0.1) is 0 Å². The molecular formula is C14H20N2O2. The lowest BCUT2D eigenvalue weighted by Crippen LogP contribution is -2.37. The Morgan fingerprint density at radius 3 is 2.50 bits per heavy atom. The number of aldehydes is 1. The van der Waals surface area contributed by atoms with Crippen LogP contribution < -0.4 is 4.90 Å². The van der Waals surface area contributed by atoms with Gasteiger partial charge in [-0.1, -0.05) is 19.1 Å². The normalized spacial score (nSPS) is 9.94. The molecule has 4 nitrogen and oxygen atoms in total. The molecule has 1 aromatic carbocycles. The van der Waals surface area contributed by atoms with E-state index in [1.807, 2.05) is 23.1 Å². The van der Waals surface area contributed by atoms with Crippen molar-refractivity contribution in [3.8, 4) is 0 Å². The van der Waals surface area contributed by atoms with Gasteiger partial charge < -0.3 is 9.80 Å². The van der Waals surface area contributed by atoms with Crippen LogP contribution in [0.2, 0.25) is 0 Å². The summed E-state index contributed by atoms with van der Waals surface area (Å²) >= 11 is 0. The Balaban J connectivity index is 2.96. The van der Waals surface area contributed by atoms with Crippen LogP contribution in [-0.2, 0) is 4.79 Å². The maximum Gasteiger partial charge on any atom is 0.241 e. The molecule has 0 fully saturated rings. The summed E-state index contributed by atoms with van der Waals surface area (Å²) in [6.07, 6.45) is 1.76. The molecule has 0 aliphatic rings. The van der Waals surface area contributed by atoms with Crippen LogP contribution in [0.1, 0.15) is 23.7 Å². The second-order valence-electron chi connectivity index (χ2n) is 4.39. The summed E-state index contributed by atoms with van der Waals surface area (Å²) in [6, 6.07) is 7.35. The third kappa shape index (κ3) is 3.58. The third-order valence-electron chi connectivity index (χ3n) is 2.72. The summed E-state index contributed by atoms with van der Waals surface area (Å²) in [5.74, 6) is 0.0316. The SMILES string of the molecule is CCCN(CC(=O)N(C)C)c1ccccc1C=O. The van der Waals surface area contributed by atoms with Gasteiger partial charge in [0.1, 0.15) is 0 Å². The number of hydrogen-bond acceptors (Lipinski definition) is 3. The molecule has 98 valence electrons. The number of nitrogens with zero attached hydrogens (tertiary/aromatic N) is 2. The average molecular weight is 248 g/mol. The maximum atomic E-state index is 11.8. The molecule has 0 unspecified atom stereocenters. The number of carbonyl (C=O) groups excluding carboxylic acids is 2. The molecule has 0 radical (unpaired) electrons. The summed E-state index contributed by atoms with van der Waals surface area (Å²) in [6.45, 7) is 3.10. The zero-order valence-corrected chi connectivity index (χ0v) is 11.2. The lowest BCUT2D eigenvalue weighted by Gasteiger charge is -2.26. The number of anilines is 1. The fourth-order valence-electron chi connectivity index (χ4n) is 1.73. The highest BCUT2D eigenvalue weighted by molar-refractivity contribution is 5.87. The number of carbonyl (C=O) groups is 2. The van der Waals surface area contributed by atoms with Gasteiger partial charge in [-0.05, 0) is 18.6 Å². The first-order valence-electron chi connectivity index (χ1n) is 6.09. The molecule has 0 aliphatic carbocycles. The minimum Gasteiger partial charge on any atom is -0.362 e. The van der Waals surface area contributed by atoms with Crippen molar-refractivity contribution in [1.82, 2.24) is 4.90 Å². The van der Waals surface area contributed by atoms with Crippen molar-refractivity contribution in [2.24, 2.45) is 0 Å². The first kappa shape index (κ1) is 14.2. The molecular weight excluding hydrogens is 228 g/mol. The van der Waals surface area contributed by atoms with Gasteiger partial charge in [0.15, 0.2) is 6.29 Å². The standard InChI is InChI=1S/C14H20N2O2/c1-4-9-16(10-14(18)15(2)3)13-8-6-5-7-12(13)11-17/h5-8,11H,4,9-10H2,1-3H3. The van der Waals surface area contributed by atoms with Crippen molar-refractivity contribution in [3.05, 3.63) is 29.8 Å². The van der Waals surface area contributed by atoms with E-state index in [1.165, 1.54) is 0 Å². The number of amides is 1. The number of rotatable bonds is 6. The van der Waals surface area contributed by atoms with Gasteiger partial charge >= 0.3 is 0 Å². The Bertz CT molecular complexity index is 416. The molecule has 0 spiro atoms. The smallest absolute Gasteiger partial charge is 0.241 e. The van der Waals surface area contributed by atoms with Gasteiger partial charge in [0.05, 0.1) is 6.54 Å². The predicted molar refractivity (Wildman–Crippen MR) is 73.0 cm³/mol. The highest BCUT2D eigenvalue weighted by Crippen LogP contribution is 2.19. The van der Waals surface area contributed by atoms with Crippen molar-refractivity contribution >= 4 is 17.9 Å². The van der Waals surface area contributed by atoms with Crippen molar-refractivity contribution in [1.29, 1.82) is 0 Å². The topological polar surface area (TPSA) is 40.6 Å². The molecule has 0 heterocycles. The molecule has 0 aliphatic heterocycles. The number of benzene rings is 1. The highest BCUT2D eigenvalue weighted by atomic mass is 16.2. The Hall–Kier alpha value is -1.84. The van der Waals surface area contributed by atoms with Crippen molar-refractivity contribution in [2.45, 2.75) is 13.3 Å². The molecule has 1 amide bonds. The molecule has 1 rings (SSSR count). The van der Waals surface area contributed by atoms with Crippen molar-refractivity contribution < 1.29 is 9.59 Å². The van der Waals surface area contributed by atoms with E-state index in [-0.39, 0.29) is 5.91 Å². The molecule has 18 heavy (non-hydrogen) atoms. The first-order valence-corrected chi connectivity index (χ1v) is 6.09. The van der Waals surface area contributed by atoms with Gasteiger partial charge in [-0.3, -0.25) is 9.59 Å². The van der Waals surface area contributed by atoms with E-state index in [1.54, 1.807) is 25.1 Å². The zero-order chi connectivity index (χ0) is 13.5. The van der Waals surface area contributed by atoms with E-state index in [0.29, 0.717) is 12.1 Å². The van der Waals surface area contributed by atoms with Crippen LogP contribution in [0.3, 0.4) is 0 Å². The lowest BCUT2D eigenvalue weighted by molar-refractivity contribution is -0.127. The van der Waals surface area contributed by atoms with Crippen LogP contribution in [0.5, 0.6) is 0 Å². The van der Waals surface area contributed by atoms with E-state index >= 15 is 0 Å². The average Bonchev–Trinajstić information content (AvgIpc) is 2.38. The Morgan fingerprint density at radius 2 is 1.94 bits per heavy atom. The largest absolute Gasteiger partial charge is 0.362 e. The molecule has 0 aromatic heterocycles. The van der Waals surface area contributed by atoms with Gasteiger partial charge in [0.25, 0.3) is 0 Å². The van der Waals surface area contributed by atoms with Gasteiger partial charge in [-0.15, -0.1) is 0 Å². The minimum atomic E-state index is 0.0316. The van der Waals surface area contributed by atoms with Crippen LogP contribution in [0.25, 0.3) is 0 Å². The van der Waals surface area contributed by atoms with E-state index in [2.05, 4.69) is 6.92 Å². The van der Waals surface area contributed by atoms with Crippen LogP contribution in [0.4, 0.5) is 5.69 Å². The lowest BCUT2D eigenvalue weighted by atomic mass is 10.1. The Morgan fingerprint density at radius 1 is 1.28 bits per heavy atom. The summed E-state index contributed by atoms with van der Waals surface area (Å²) in [7, 11) is 3.47. The maximum absolute atomic E-state index is 11.8. The van der Waals surface area contributed by atoms with Crippen molar-refractivity contribution in [2.75, 3.05) is 32.1 Å². The molecule has 0 atom stereocenters. The first-order chi connectivity index (χ1) is 8.60. The fraction of sp³-hybridized carbons (Fsp3) is 0.429. The molecule has 4 heteroatoms. The third-order valence-corrected chi connectivity index (χ3v) is 2.72. The van der Waals surface area contributed by atoms with E-state index in [9.17, 15) is 9.59 Å². The molecule has 0 saturated carbocycles. The van der Waals surface area contributed by atoms with Gasteiger partial charge in [-0.25, -0.2) is 0 Å². The second kappa shape index (κ2) is 6.79. The molecule has 0 N–H and O–H groups in total. The summed E-state index contributed by atoms with van der Waals surface area (Å²) in [5, 5.41) is 0. The van der Waals surface area contributed by atoms with Crippen molar-refractivity contribution in [3.63, 3.8) is 0 Å². The zero-order valence-electron chi connectivity index (χ0n) is 11.2.